The Bertz CT molecular complexity index is 1210. The predicted octanol–water partition coefficient (Wildman–Crippen LogP) is 4.09. The van der Waals surface area contributed by atoms with E-state index < -0.39 is 11.8 Å². The molecule has 0 radical (unpaired) electrons. The fraction of sp³-hybridized carbons (Fsp3) is 0.120. The Morgan fingerprint density at radius 3 is 2.23 bits per heavy atom. The molecule has 180 valence electrons. The molecule has 10 heteroatoms. The Hall–Kier alpha value is -3.88. The lowest BCUT2D eigenvalue weighted by Crippen LogP contribution is -2.37. The van der Waals surface area contributed by atoms with Crippen molar-refractivity contribution in [1.29, 1.82) is 0 Å². The molecule has 3 aromatic rings. The van der Waals surface area contributed by atoms with Gasteiger partial charge in [0.1, 0.15) is 5.75 Å². The molecule has 35 heavy (non-hydrogen) atoms. The van der Waals surface area contributed by atoms with E-state index in [1.165, 1.54) is 6.21 Å². The molecular weight excluding hydrogens is 491 g/mol. The molecule has 0 aliphatic carbocycles. The Morgan fingerprint density at radius 2 is 1.57 bits per heavy atom. The van der Waals surface area contributed by atoms with Gasteiger partial charge in [0.05, 0.1) is 6.21 Å². The van der Waals surface area contributed by atoms with Crippen molar-refractivity contribution in [1.82, 2.24) is 10.7 Å². The number of halogens is 2. The third kappa shape index (κ3) is 8.77. The normalized spacial score (nSPS) is 10.6. The van der Waals surface area contributed by atoms with Gasteiger partial charge in [-0.1, -0.05) is 53.0 Å². The fourth-order valence-electron chi connectivity index (χ4n) is 2.81. The predicted molar refractivity (Wildman–Crippen MR) is 136 cm³/mol. The summed E-state index contributed by atoms with van der Waals surface area (Å²) in [5.74, 6) is -1.58. The third-order valence-corrected chi connectivity index (χ3v) is 4.99. The van der Waals surface area contributed by atoms with E-state index in [1.54, 1.807) is 42.5 Å². The number of nitrogens with one attached hydrogen (secondary N) is 3. The maximum atomic E-state index is 12.1. The van der Waals surface area contributed by atoms with Gasteiger partial charge >= 0.3 is 11.8 Å². The van der Waals surface area contributed by atoms with Crippen molar-refractivity contribution in [3.8, 4) is 5.75 Å². The van der Waals surface area contributed by atoms with Gasteiger partial charge in [0.2, 0.25) is 0 Å². The van der Waals surface area contributed by atoms with E-state index in [0.717, 1.165) is 11.1 Å². The first-order chi connectivity index (χ1) is 16.8. The van der Waals surface area contributed by atoms with Crippen LogP contribution in [0.25, 0.3) is 0 Å². The number of carbonyl (C=O) groups excluding carboxylic acids is 3. The Balaban J connectivity index is 1.40. The molecule has 0 aromatic heterocycles. The highest BCUT2D eigenvalue weighted by molar-refractivity contribution is 6.35. The monoisotopic (exact) mass is 512 g/mol. The van der Waals surface area contributed by atoms with Gasteiger partial charge < -0.3 is 15.4 Å². The molecule has 0 fully saturated rings. The molecule has 0 aliphatic rings. The number of anilines is 1. The van der Waals surface area contributed by atoms with Gasteiger partial charge in [0.25, 0.3) is 5.91 Å². The van der Waals surface area contributed by atoms with Crippen molar-refractivity contribution in [2.24, 2.45) is 5.10 Å². The summed E-state index contributed by atoms with van der Waals surface area (Å²) in [6.07, 6.45) is 1.38. The quantitative estimate of drug-likeness (QED) is 0.240. The maximum Gasteiger partial charge on any atom is 0.329 e. The first-order valence-electron chi connectivity index (χ1n) is 10.4. The van der Waals surface area contributed by atoms with Crippen LogP contribution < -0.4 is 20.8 Å². The van der Waals surface area contributed by atoms with Gasteiger partial charge in [-0.3, -0.25) is 14.4 Å². The molecule has 0 saturated heterocycles. The molecule has 3 N–H and O–H groups in total. The van der Waals surface area contributed by atoms with E-state index in [-0.39, 0.29) is 19.1 Å². The average molecular weight is 513 g/mol. The number of carbonyl (C=O) groups is 3. The lowest BCUT2D eigenvalue weighted by atomic mass is 10.1. The molecule has 3 amide bonds. The summed E-state index contributed by atoms with van der Waals surface area (Å²) in [5.41, 5.74) is 5.28. The zero-order chi connectivity index (χ0) is 25.2. The van der Waals surface area contributed by atoms with Gasteiger partial charge in [-0.2, -0.15) is 5.10 Å². The standard InChI is InChI=1S/C25H22Cl2N4O4/c1-16-2-4-17(5-3-16)13-28-24(33)25(34)31-29-14-18-6-8-22(9-7-18)35-15-23(32)30-21-11-19(26)10-20(27)12-21/h2-12,14H,13,15H2,1H3,(H,28,33)(H,30,32)(H,31,34)/b29-14-. The van der Waals surface area contributed by atoms with E-state index in [0.29, 0.717) is 27.0 Å². The average Bonchev–Trinajstić information content (AvgIpc) is 2.82. The van der Waals surface area contributed by atoms with Gasteiger partial charge in [0.15, 0.2) is 6.61 Å². The van der Waals surface area contributed by atoms with E-state index >= 15 is 0 Å². The molecule has 0 bridgehead atoms. The molecule has 0 unspecified atom stereocenters. The van der Waals surface area contributed by atoms with E-state index in [1.807, 2.05) is 31.2 Å². The molecular formula is C25H22Cl2N4O4. The Labute approximate surface area is 212 Å². The second kappa shape index (κ2) is 12.5. The van der Waals surface area contributed by atoms with Gasteiger partial charge in [-0.05, 0) is 60.5 Å². The van der Waals surface area contributed by atoms with Crippen molar-refractivity contribution < 1.29 is 19.1 Å². The molecule has 0 aliphatic heterocycles. The summed E-state index contributed by atoms with van der Waals surface area (Å²) in [6, 6.07) is 18.9. The minimum Gasteiger partial charge on any atom is -0.484 e. The summed E-state index contributed by atoms with van der Waals surface area (Å²) in [7, 11) is 0. The molecule has 0 heterocycles. The molecule has 3 aromatic carbocycles. The van der Waals surface area contributed by atoms with Crippen molar-refractivity contribution >= 4 is 52.8 Å². The van der Waals surface area contributed by atoms with Crippen LogP contribution in [0.1, 0.15) is 16.7 Å². The van der Waals surface area contributed by atoms with Gasteiger partial charge in [-0.25, -0.2) is 5.43 Å². The molecule has 3 rings (SSSR count). The topological polar surface area (TPSA) is 109 Å². The number of hydrazone groups is 1. The van der Waals surface area contributed by atoms with Crippen molar-refractivity contribution in [2.45, 2.75) is 13.5 Å². The van der Waals surface area contributed by atoms with Crippen LogP contribution in [0.5, 0.6) is 5.75 Å². The summed E-state index contributed by atoms with van der Waals surface area (Å²) in [5, 5.41) is 9.77. The second-order valence-corrected chi connectivity index (χ2v) is 8.30. The van der Waals surface area contributed by atoms with E-state index in [9.17, 15) is 14.4 Å². The largest absolute Gasteiger partial charge is 0.484 e. The molecule has 0 spiro atoms. The number of ether oxygens (including phenoxy) is 1. The molecule has 0 saturated carbocycles. The first-order valence-corrected chi connectivity index (χ1v) is 11.2. The van der Waals surface area contributed by atoms with Crippen LogP contribution in [-0.4, -0.2) is 30.5 Å². The number of amides is 3. The Kier molecular flexibility index (Phi) is 9.23. The maximum absolute atomic E-state index is 12.1. The van der Waals surface area contributed by atoms with E-state index in [2.05, 4.69) is 21.2 Å². The van der Waals surface area contributed by atoms with Crippen LogP contribution in [0.4, 0.5) is 5.69 Å². The number of hydrogen-bond donors (Lipinski definition) is 3. The van der Waals surface area contributed by atoms with Crippen LogP contribution in [0.3, 0.4) is 0 Å². The minimum absolute atomic E-state index is 0.217. The van der Waals surface area contributed by atoms with Crippen molar-refractivity contribution in [3.05, 3.63) is 93.5 Å². The molecule has 0 atom stereocenters. The fourth-order valence-corrected chi connectivity index (χ4v) is 3.33. The lowest BCUT2D eigenvalue weighted by molar-refractivity contribution is -0.139. The number of hydrogen-bond acceptors (Lipinski definition) is 5. The highest BCUT2D eigenvalue weighted by atomic mass is 35.5. The number of aryl methyl sites for hydroxylation is 1. The highest BCUT2D eigenvalue weighted by Gasteiger charge is 2.12. The second-order valence-electron chi connectivity index (χ2n) is 7.43. The van der Waals surface area contributed by atoms with Crippen LogP contribution in [0.15, 0.2) is 71.8 Å². The van der Waals surface area contributed by atoms with E-state index in [4.69, 9.17) is 27.9 Å². The number of rotatable bonds is 8. The van der Waals surface area contributed by atoms with Gasteiger partial charge in [0, 0.05) is 22.3 Å². The summed E-state index contributed by atoms with van der Waals surface area (Å²) >= 11 is 11.8. The van der Waals surface area contributed by atoms with Crippen LogP contribution in [0.2, 0.25) is 10.0 Å². The smallest absolute Gasteiger partial charge is 0.329 e. The SMILES string of the molecule is Cc1ccc(CNC(=O)C(=O)N/N=C\c2ccc(OCC(=O)Nc3cc(Cl)cc(Cl)c3)cc2)cc1. The minimum atomic E-state index is -0.875. The zero-order valence-electron chi connectivity index (χ0n) is 18.7. The van der Waals surface area contributed by atoms with Crippen LogP contribution in [0, 0.1) is 6.92 Å². The summed E-state index contributed by atoms with van der Waals surface area (Å²) in [4.78, 5) is 35.8. The highest BCUT2D eigenvalue weighted by Crippen LogP contribution is 2.22. The zero-order valence-corrected chi connectivity index (χ0v) is 20.2. The van der Waals surface area contributed by atoms with Crippen LogP contribution >= 0.6 is 23.2 Å². The summed E-state index contributed by atoms with van der Waals surface area (Å²) < 4.78 is 5.45. The summed E-state index contributed by atoms with van der Waals surface area (Å²) in [6.45, 7) is 1.99. The lowest BCUT2D eigenvalue weighted by Gasteiger charge is -2.08. The third-order valence-electron chi connectivity index (χ3n) is 4.56. The Morgan fingerprint density at radius 1 is 0.914 bits per heavy atom. The van der Waals surface area contributed by atoms with Crippen LogP contribution in [-0.2, 0) is 20.9 Å². The first kappa shape index (κ1) is 25.7. The van der Waals surface area contributed by atoms with Crippen molar-refractivity contribution in [2.75, 3.05) is 11.9 Å². The van der Waals surface area contributed by atoms with Gasteiger partial charge in [-0.15, -0.1) is 0 Å². The van der Waals surface area contributed by atoms with Crippen molar-refractivity contribution in [3.63, 3.8) is 0 Å². The number of nitrogens with zero attached hydrogens (tertiary/aromatic N) is 1. The number of benzene rings is 3. The molecule has 8 nitrogen and oxygen atoms in total.